The maximum Gasteiger partial charge on any atom is 0.301 e. The lowest BCUT2D eigenvalue weighted by Gasteiger charge is -2.26. The zero-order valence-electron chi connectivity index (χ0n) is 10.8. The summed E-state index contributed by atoms with van der Waals surface area (Å²) in [7, 11) is -3.59. The maximum atomic E-state index is 12.3. The van der Waals surface area contributed by atoms with Gasteiger partial charge in [0.2, 0.25) is 0 Å². The molecule has 5 nitrogen and oxygen atoms in total. The first kappa shape index (κ1) is 15.5. The van der Waals surface area contributed by atoms with Gasteiger partial charge in [-0.2, -0.15) is 12.7 Å². The van der Waals surface area contributed by atoms with Gasteiger partial charge in [-0.1, -0.05) is 36.3 Å². The predicted molar refractivity (Wildman–Crippen MR) is 85.3 cm³/mol. The predicted octanol–water partition coefficient (Wildman–Crippen LogP) is 2.12. The van der Waals surface area contributed by atoms with Crippen LogP contribution in [-0.4, -0.2) is 30.8 Å². The Morgan fingerprint density at radius 1 is 1.30 bits per heavy atom. The second kappa shape index (κ2) is 6.26. The number of benzene rings is 1. The number of nitrogens with two attached hydrogens (primary N) is 1. The molecule has 0 aliphatic carbocycles. The van der Waals surface area contributed by atoms with Crippen LogP contribution in [0.5, 0.6) is 0 Å². The Kier molecular flexibility index (Phi) is 4.85. The van der Waals surface area contributed by atoms with Crippen LogP contribution in [0.3, 0.4) is 0 Å². The maximum absolute atomic E-state index is 12.3. The minimum absolute atomic E-state index is 0.195. The highest BCUT2D eigenvalue weighted by Gasteiger charge is 2.24. The normalized spacial score (nSPS) is 16.9. The van der Waals surface area contributed by atoms with Gasteiger partial charge in [0.05, 0.1) is 10.7 Å². The second-order valence-electron chi connectivity index (χ2n) is 4.63. The third kappa shape index (κ3) is 3.60. The van der Waals surface area contributed by atoms with Crippen molar-refractivity contribution in [3.63, 3.8) is 0 Å². The summed E-state index contributed by atoms with van der Waals surface area (Å²) in [6, 6.07) is 4.78. The average molecular weight is 334 g/mol. The fraction of sp³-hybridized carbons (Fsp3) is 0.417. The standard InChI is InChI=1S/C12H16ClN3O2S2/c13-10-5-4-9(12(14)19)8-11(10)15-20(17,18)16-6-2-1-3-7-16/h4-5,8,15H,1-3,6-7H2,(H2,14,19). The summed E-state index contributed by atoms with van der Waals surface area (Å²) in [4.78, 5) is 0.195. The van der Waals surface area contributed by atoms with Crippen molar-refractivity contribution < 1.29 is 8.42 Å². The monoisotopic (exact) mass is 333 g/mol. The van der Waals surface area contributed by atoms with Gasteiger partial charge in [0, 0.05) is 18.7 Å². The van der Waals surface area contributed by atoms with Gasteiger partial charge in [-0.25, -0.2) is 0 Å². The van der Waals surface area contributed by atoms with E-state index < -0.39 is 10.2 Å². The topological polar surface area (TPSA) is 75.4 Å². The summed E-state index contributed by atoms with van der Waals surface area (Å²) >= 11 is 10.9. The molecule has 1 aromatic rings. The minimum atomic E-state index is -3.59. The Morgan fingerprint density at radius 3 is 2.55 bits per heavy atom. The van der Waals surface area contributed by atoms with Crippen LogP contribution in [0.2, 0.25) is 5.02 Å². The van der Waals surface area contributed by atoms with Gasteiger partial charge in [-0.3, -0.25) is 4.72 Å². The molecular formula is C12H16ClN3O2S2. The van der Waals surface area contributed by atoms with E-state index in [-0.39, 0.29) is 4.99 Å². The van der Waals surface area contributed by atoms with E-state index in [9.17, 15) is 8.42 Å². The van der Waals surface area contributed by atoms with Gasteiger partial charge in [0.1, 0.15) is 4.99 Å². The fourth-order valence-electron chi connectivity index (χ4n) is 2.07. The molecule has 1 heterocycles. The van der Waals surface area contributed by atoms with Crippen molar-refractivity contribution in [1.29, 1.82) is 0 Å². The Morgan fingerprint density at radius 2 is 1.95 bits per heavy atom. The Balaban J connectivity index is 2.24. The molecule has 1 saturated heterocycles. The van der Waals surface area contributed by atoms with E-state index in [0.717, 1.165) is 19.3 Å². The van der Waals surface area contributed by atoms with Crippen LogP contribution < -0.4 is 10.5 Å². The van der Waals surface area contributed by atoms with Crippen LogP contribution in [0.25, 0.3) is 0 Å². The van der Waals surface area contributed by atoms with Crippen LogP contribution in [0.4, 0.5) is 5.69 Å². The molecule has 0 aromatic heterocycles. The number of rotatable bonds is 4. The number of hydrogen-bond donors (Lipinski definition) is 2. The highest BCUT2D eigenvalue weighted by atomic mass is 35.5. The third-order valence-corrected chi connectivity index (χ3v) is 5.23. The Labute approximate surface area is 129 Å². The summed E-state index contributed by atoms with van der Waals surface area (Å²) in [6.07, 6.45) is 2.81. The van der Waals surface area contributed by atoms with Gasteiger partial charge in [0.25, 0.3) is 0 Å². The van der Waals surface area contributed by atoms with Crippen molar-refractivity contribution in [2.45, 2.75) is 19.3 Å². The first-order valence-corrected chi connectivity index (χ1v) is 8.50. The molecule has 3 N–H and O–H groups in total. The first-order valence-electron chi connectivity index (χ1n) is 6.27. The van der Waals surface area contributed by atoms with E-state index in [1.165, 1.54) is 4.31 Å². The number of nitrogens with one attached hydrogen (secondary N) is 1. The molecule has 20 heavy (non-hydrogen) atoms. The average Bonchev–Trinajstić information content (AvgIpc) is 2.42. The number of halogens is 1. The van der Waals surface area contributed by atoms with Crippen LogP contribution in [0.15, 0.2) is 18.2 Å². The number of piperidine rings is 1. The molecule has 0 atom stereocenters. The van der Waals surface area contributed by atoms with Crippen LogP contribution in [0, 0.1) is 0 Å². The summed E-state index contributed by atoms with van der Waals surface area (Å²) in [5.74, 6) is 0. The van der Waals surface area contributed by atoms with Crippen molar-refractivity contribution in [3.8, 4) is 0 Å². The molecule has 1 aliphatic heterocycles. The lowest BCUT2D eigenvalue weighted by molar-refractivity contribution is 0.349. The molecule has 1 aromatic carbocycles. The van der Waals surface area contributed by atoms with Crippen LogP contribution in [-0.2, 0) is 10.2 Å². The fourth-order valence-corrected chi connectivity index (χ4v) is 3.73. The molecule has 0 spiro atoms. The largest absolute Gasteiger partial charge is 0.389 e. The molecular weight excluding hydrogens is 318 g/mol. The summed E-state index contributed by atoms with van der Waals surface area (Å²) in [6.45, 7) is 1.06. The zero-order chi connectivity index (χ0) is 14.8. The number of thiocarbonyl (C=S) groups is 1. The van der Waals surface area contributed by atoms with E-state index >= 15 is 0 Å². The SMILES string of the molecule is NC(=S)c1ccc(Cl)c(NS(=O)(=O)N2CCCCC2)c1. The molecule has 8 heteroatoms. The van der Waals surface area contributed by atoms with Crippen molar-refractivity contribution in [1.82, 2.24) is 4.31 Å². The molecule has 0 radical (unpaired) electrons. The number of nitrogens with zero attached hydrogens (tertiary/aromatic N) is 1. The highest BCUT2D eigenvalue weighted by Crippen LogP contribution is 2.25. The second-order valence-corrected chi connectivity index (χ2v) is 7.14. The van der Waals surface area contributed by atoms with Gasteiger partial charge >= 0.3 is 10.2 Å². The zero-order valence-corrected chi connectivity index (χ0v) is 13.2. The lowest BCUT2D eigenvalue weighted by Crippen LogP contribution is -2.39. The van der Waals surface area contributed by atoms with E-state index in [4.69, 9.17) is 29.6 Å². The third-order valence-electron chi connectivity index (χ3n) is 3.14. The Hall–Kier alpha value is -0.890. The van der Waals surface area contributed by atoms with Gasteiger partial charge in [-0.05, 0) is 25.0 Å². The Bertz CT molecular complexity index is 613. The molecule has 1 fully saturated rings. The van der Waals surface area contributed by atoms with Gasteiger partial charge < -0.3 is 5.73 Å². The van der Waals surface area contributed by atoms with E-state index in [2.05, 4.69) is 4.72 Å². The summed E-state index contributed by atoms with van der Waals surface area (Å²) in [5, 5.41) is 0.311. The van der Waals surface area contributed by atoms with E-state index in [1.54, 1.807) is 18.2 Å². The molecule has 0 bridgehead atoms. The number of anilines is 1. The van der Waals surface area contributed by atoms with E-state index in [1.807, 2.05) is 0 Å². The minimum Gasteiger partial charge on any atom is -0.389 e. The first-order chi connectivity index (χ1) is 9.40. The van der Waals surface area contributed by atoms with Crippen molar-refractivity contribution in [2.24, 2.45) is 5.73 Å². The summed E-state index contributed by atoms with van der Waals surface area (Å²) in [5.41, 5.74) is 6.40. The highest BCUT2D eigenvalue weighted by molar-refractivity contribution is 7.90. The summed E-state index contributed by atoms with van der Waals surface area (Å²) < 4.78 is 28.5. The molecule has 0 saturated carbocycles. The molecule has 0 unspecified atom stereocenters. The molecule has 110 valence electrons. The van der Waals surface area contributed by atoms with Gasteiger partial charge in [0.15, 0.2) is 0 Å². The number of hydrogen-bond acceptors (Lipinski definition) is 3. The van der Waals surface area contributed by atoms with Crippen LogP contribution in [0.1, 0.15) is 24.8 Å². The lowest BCUT2D eigenvalue weighted by atomic mass is 10.2. The van der Waals surface area contributed by atoms with Crippen molar-refractivity contribution in [3.05, 3.63) is 28.8 Å². The molecule has 1 aliphatic rings. The quantitative estimate of drug-likeness (QED) is 0.828. The van der Waals surface area contributed by atoms with Crippen molar-refractivity contribution in [2.75, 3.05) is 17.8 Å². The van der Waals surface area contributed by atoms with Crippen molar-refractivity contribution >= 4 is 44.7 Å². The molecule has 0 amide bonds. The van der Waals surface area contributed by atoms with Crippen LogP contribution >= 0.6 is 23.8 Å². The van der Waals surface area contributed by atoms with Gasteiger partial charge in [-0.15, -0.1) is 0 Å². The smallest absolute Gasteiger partial charge is 0.301 e. The molecule has 2 rings (SSSR count). The van der Waals surface area contributed by atoms with E-state index in [0.29, 0.717) is 29.4 Å².